The molecule has 5 nitrogen and oxygen atoms in total. The number of aryl methyl sites for hydroxylation is 2. The fourth-order valence-corrected chi connectivity index (χ4v) is 2.05. The highest BCUT2D eigenvalue weighted by molar-refractivity contribution is 6.02. The standard InChI is InChI=1S/C13H17N3O2/c1-7-6-9(12(17)18)10-8(2)15-16(11(10)14-7)13(3,4)5/h6H,1-5H3,(H,17,18). The van der Waals surface area contributed by atoms with Gasteiger partial charge in [0, 0.05) is 5.69 Å². The maximum absolute atomic E-state index is 11.3. The highest BCUT2D eigenvalue weighted by atomic mass is 16.4. The molecule has 2 heterocycles. The number of hydrogen-bond donors (Lipinski definition) is 1. The quantitative estimate of drug-likeness (QED) is 0.840. The smallest absolute Gasteiger partial charge is 0.336 e. The molecule has 0 saturated carbocycles. The molecule has 0 fully saturated rings. The maximum atomic E-state index is 11.3. The summed E-state index contributed by atoms with van der Waals surface area (Å²) in [6.07, 6.45) is 0. The Morgan fingerprint density at radius 3 is 2.44 bits per heavy atom. The van der Waals surface area contributed by atoms with E-state index in [1.807, 2.05) is 27.7 Å². The number of aromatic carboxylic acids is 1. The Morgan fingerprint density at radius 1 is 1.33 bits per heavy atom. The van der Waals surface area contributed by atoms with Gasteiger partial charge in [-0.2, -0.15) is 5.10 Å². The zero-order valence-electron chi connectivity index (χ0n) is 11.3. The lowest BCUT2D eigenvalue weighted by Crippen LogP contribution is -2.23. The van der Waals surface area contributed by atoms with Crippen LogP contribution in [0.25, 0.3) is 11.0 Å². The van der Waals surface area contributed by atoms with Crippen LogP contribution in [0.4, 0.5) is 0 Å². The summed E-state index contributed by atoms with van der Waals surface area (Å²) in [5, 5.41) is 14.3. The lowest BCUT2D eigenvalue weighted by Gasteiger charge is -2.20. The van der Waals surface area contributed by atoms with Crippen molar-refractivity contribution in [3.05, 3.63) is 23.0 Å². The van der Waals surface area contributed by atoms with Gasteiger partial charge in [-0.1, -0.05) is 0 Å². The van der Waals surface area contributed by atoms with Crippen molar-refractivity contribution < 1.29 is 9.90 Å². The molecule has 0 saturated heterocycles. The zero-order valence-corrected chi connectivity index (χ0v) is 11.3. The van der Waals surface area contributed by atoms with Gasteiger partial charge in [0.05, 0.1) is 22.2 Å². The molecule has 96 valence electrons. The molecule has 0 atom stereocenters. The fourth-order valence-electron chi connectivity index (χ4n) is 2.05. The molecule has 0 bridgehead atoms. The van der Waals surface area contributed by atoms with Gasteiger partial charge in [-0.15, -0.1) is 0 Å². The summed E-state index contributed by atoms with van der Waals surface area (Å²) >= 11 is 0. The number of carboxylic acid groups (broad SMARTS) is 1. The first kappa shape index (κ1) is 12.5. The minimum Gasteiger partial charge on any atom is -0.478 e. The Morgan fingerprint density at radius 2 is 1.94 bits per heavy atom. The second kappa shape index (κ2) is 3.80. The number of fused-ring (bicyclic) bond motifs is 1. The monoisotopic (exact) mass is 247 g/mol. The van der Waals surface area contributed by atoms with Crippen molar-refractivity contribution in [3.8, 4) is 0 Å². The van der Waals surface area contributed by atoms with Crippen LogP contribution in [0.1, 0.15) is 42.5 Å². The highest BCUT2D eigenvalue weighted by Gasteiger charge is 2.23. The molecule has 2 aromatic heterocycles. The van der Waals surface area contributed by atoms with Crippen molar-refractivity contribution in [2.75, 3.05) is 0 Å². The van der Waals surface area contributed by atoms with E-state index in [4.69, 9.17) is 0 Å². The van der Waals surface area contributed by atoms with Crippen molar-refractivity contribution in [2.45, 2.75) is 40.2 Å². The molecule has 2 aromatic rings. The van der Waals surface area contributed by atoms with Gasteiger partial charge >= 0.3 is 5.97 Å². The van der Waals surface area contributed by atoms with Gasteiger partial charge in [0.15, 0.2) is 5.65 Å². The van der Waals surface area contributed by atoms with Gasteiger partial charge in [-0.3, -0.25) is 0 Å². The van der Waals surface area contributed by atoms with E-state index in [-0.39, 0.29) is 11.1 Å². The van der Waals surface area contributed by atoms with Crippen LogP contribution in [0.2, 0.25) is 0 Å². The number of aromatic nitrogens is 3. The molecule has 0 amide bonds. The summed E-state index contributed by atoms with van der Waals surface area (Å²) in [7, 11) is 0. The summed E-state index contributed by atoms with van der Waals surface area (Å²) in [6, 6.07) is 1.59. The maximum Gasteiger partial charge on any atom is 0.336 e. The molecule has 0 aliphatic rings. The number of carbonyl (C=O) groups is 1. The van der Waals surface area contributed by atoms with Gasteiger partial charge < -0.3 is 5.11 Å². The molecule has 0 aromatic carbocycles. The van der Waals surface area contributed by atoms with E-state index in [1.165, 1.54) is 0 Å². The first-order valence-electron chi connectivity index (χ1n) is 5.82. The van der Waals surface area contributed by atoms with Crippen LogP contribution in [-0.2, 0) is 5.54 Å². The third kappa shape index (κ3) is 1.85. The van der Waals surface area contributed by atoms with E-state index < -0.39 is 5.97 Å². The SMILES string of the molecule is Cc1cc(C(=O)O)c2c(C)nn(C(C)(C)C)c2n1. The van der Waals surface area contributed by atoms with E-state index in [2.05, 4.69) is 10.1 Å². The Balaban J connectivity index is 2.93. The summed E-state index contributed by atoms with van der Waals surface area (Å²) in [6.45, 7) is 9.66. The number of carboxylic acids is 1. The molecule has 0 radical (unpaired) electrons. The van der Waals surface area contributed by atoms with E-state index >= 15 is 0 Å². The minimum atomic E-state index is -0.943. The molecule has 0 aliphatic carbocycles. The van der Waals surface area contributed by atoms with Crippen LogP contribution in [0.15, 0.2) is 6.07 Å². The second-order valence-electron chi connectivity index (χ2n) is 5.48. The van der Waals surface area contributed by atoms with Gasteiger partial charge in [-0.25, -0.2) is 14.5 Å². The lowest BCUT2D eigenvalue weighted by molar-refractivity contribution is 0.0698. The molecule has 0 unspecified atom stereocenters. The van der Waals surface area contributed by atoms with E-state index in [9.17, 15) is 9.90 Å². The summed E-state index contributed by atoms with van der Waals surface area (Å²) in [5.74, 6) is -0.943. The highest BCUT2D eigenvalue weighted by Crippen LogP contribution is 2.26. The third-order valence-corrected chi connectivity index (χ3v) is 2.81. The molecular formula is C13H17N3O2. The van der Waals surface area contributed by atoms with Crippen molar-refractivity contribution >= 4 is 17.0 Å². The summed E-state index contributed by atoms with van der Waals surface area (Å²) < 4.78 is 1.79. The predicted molar refractivity (Wildman–Crippen MR) is 69.0 cm³/mol. The van der Waals surface area contributed by atoms with Crippen LogP contribution in [-0.4, -0.2) is 25.8 Å². The van der Waals surface area contributed by atoms with Crippen molar-refractivity contribution in [3.63, 3.8) is 0 Å². The molecule has 0 spiro atoms. The lowest BCUT2D eigenvalue weighted by atomic mass is 10.1. The van der Waals surface area contributed by atoms with Crippen molar-refractivity contribution in [1.82, 2.24) is 14.8 Å². The van der Waals surface area contributed by atoms with Crippen molar-refractivity contribution in [1.29, 1.82) is 0 Å². The summed E-state index contributed by atoms with van der Waals surface area (Å²) in [4.78, 5) is 15.8. The molecular weight excluding hydrogens is 230 g/mol. The number of hydrogen-bond acceptors (Lipinski definition) is 3. The predicted octanol–water partition coefficient (Wildman–Crippen LogP) is 2.50. The largest absolute Gasteiger partial charge is 0.478 e. The van der Waals surface area contributed by atoms with Gasteiger partial charge in [0.25, 0.3) is 0 Å². The molecule has 2 rings (SSSR count). The topological polar surface area (TPSA) is 68.0 Å². The number of nitrogens with zero attached hydrogens (tertiary/aromatic N) is 3. The third-order valence-electron chi connectivity index (χ3n) is 2.81. The zero-order chi connectivity index (χ0) is 13.7. The van der Waals surface area contributed by atoms with E-state index in [1.54, 1.807) is 17.7 Å². The molecule has 18 heavy (non-hydrogen) atoms. The van der Waals surface area contributed by atoms with Gasteiger partial charge in [0.2, 0.25) is 0 Å². The normalized spacial score (nSPS) is 12.1. The first-order valence-corrected chi connectivity index (χ1v) is 5.82. The Kier molecular flexibility index (Phi) is 2.65. The van der Waals surface area contributed by atoms with Gasteiger partial charge in [0.1, 0.15) is 0 Å². The van der Waals surface area contributed by atoms with Crippen LogP contribution in [0.5, 0.6) is 0 Å². The van der Waals surface area contributed by atoms with Crippen LogP contribution >= 0.6 is 0 Å². The van der Waals surface area contributed by atoms with Gasteiger partial charge in [-0.05, 0) is 40.7 Å². The molecule has 5 heteroatoms. The Bertz CT molecular complexity index is 636. The van der Waals surface area contributed by atoms with E-state index in [0.29, 0.717) is 22.4 Å². The summed E-state index contributed by atoms with van der Waals surface area (Å²) in [5.41, 5.74) is 2.06. The Labute approximate surface area is 105 Å². The van der Waals surface area contributed by atoms with Crippen LogP contribution in [0, 0.1) is 13.8 Å². The second-order valence-corrected chi connectivity index (χ2v) is 5.48. The average Bonchev–Trinajstić information content (AvgIpc) is 2.54. The molecule has 0 aliphatic heterocycles. The molecule has 1 N–H and O–H groups in total. The number of pyridine rings is 1. The van der Waals surface area contributed by atoms with Crippen molar-refractivity contribution in [2.24, 2.45) is 0 Å². The Hall–Kier alpha value is -1.91. The fraction of sp³-hybridized carbons (Fsp3) is 0.462. The van der Waals surface area contributed by atoms with E-state index in [0.717, 1.165) is 0 Å². The first-order chi connectivity index (χ1) is 8.21. The average molecular weight is 247 g/mol. The van der Waals surface area contributed by atoms with Crippen LogP contribution in [0.3, 0.4) is 0 Å². The minimum absolute atomic E-state index is 0.233. The number of rotatable bonds is 1. The van der Waals surface area contributed by atoms with Crippen LogP contribution < -0.4 is 0 Å².